The molecule has 0 radical (unpaired) electrons. The number of aromatic nitrogens is 2. The predicted molar refractivity (Wildman–Crippen MR) is 72.5 cm³/mol. The third-order valence-electron chi connectivity index (χ3n) is 2.71. The average molecular weight is 257 g/mol. The number of para-hydroxylation sites is 1. The zero-order valence-electron chi connectivity index (χ0n) is 10.9. The van der Waals surface area contributed by atoms with Crippen molar-refractivity contribution in [3.05, 3.63) is 47.9 Å². The van der Waals surface area contributed by atoms with Crippen molar-refractivity contribution in [1.82, 2.24) is 9.97 Å². The molecule has 0 aliphatic carbocycles. The van der Waals surface area contributed by atoms with Gasteiger partial charge in [-0.3, -0.25) is 0 Å². The largest absolute Gasteiger partial charge is 0.464 e. The van der Waals surface area contributed by atoms with Gasteiger partial charge >= 0.3 is 5.97 Å². The van der Waals surface area contributed by atoms with Crippen LogP contribution in [0.1, 0.15) is 23.0 Å². The topological polar surface area (TPSA) is 64.1 Å². The molecule has 1 aromatic carbocycles. The number of rotatable bonds is 4. The molecule has 0 fully saturated rings. The molecule has 5 heteroatoms. The van der Waals surface area contributed by atoms with Crippen LogP contribution in [0.25, 0.3) is 0 Å². The summed E-state index contributed by atoms with van der Waals surface area (Å²) in [6.45, 7) is 2.09. The number of aryl methyl sites for hydroxylation is 1. The summed E-state index contributed by atoms with van der Waals surface area (Å²) in [5, 5.41) is 3.18. The summed E-state index contributed by atoms with van der Waals surface area (Å²) in [5.74, 6) is 0.0987. The Labute approximate surface area is 111 Å². The van der Waals surface area contributed by atoms with Gasteiger partial charge in [0.05, 0.1) is 19.5 Å². The molecule has 2 rings (SSSR count). The van der Waals surface area contributed by atoms with Crippen molar-refractivity contribution in [3.8, 4) is 0 Å². The number of ether oxygens (including phenoxy) is 1. The molecule has 1 heterocycles. The first-order valence-electron chi connectivity index (χ1n) is 6.00. The van der Waals surface area contributed by atoms with E-state index in [1.165, 1.54) is 25.1 Å². The lowest BCUT2D eigenvalue weighted by Crippen LogP contribution is -2.06. The number of carbonyl (C=O) groups excluding carboxylic acids is 1. The minimum absolute atomic E-state index is 0.192. The summed E-state index contributed by atoms with van der Waals surface area (Å²) >= 11 is 0. The van der Waals surface area contributed by atoms with Crippen molar-refractivity contribution >= 4 is 17.5 Å². The Morgan fingerprint density at radius 2 is 2.05 bits per heavy atom. The third kappa shape index (κ3) is 3.07. The summed E-state index contributed by atoms with van der Waals surface area (Å²) in [7, 11) is 1.31. The summed E-state index contributed by atoms with van der Waals surface area (Å²) in [6, 6.07) is 7.99. The lowest BCUT2D eigenvalue weighted by molar-refractivity contribution is 0.0593. The van der Waals surface area contributed by atoms with Crippen molar-refractivity contribution < 1.29 is 9.53 Å². The smallest absolute Gasteiger partial charge is 0.358 e. The van der Waals surface area contributed by atoms with Gasteiger partial charge < -0.3 is 10.1 Å². The van der Waals surface area contributed by atoms with Gasteiger partial charge in [-0.2, -0.15) is 0 Å². The number of esters is 1. The van der Waals surface area contributed by atoms with E-state index in [-0.39, 0.29) is 5.69 Å². The molecular formula is C14H15N3O2. The highest BCUT2D eigenvalue weighted by molar-refractivity contribution is 5.86. The Morgan fingerprint density at radius 3 is 2.68 bits per heavy atom. The SMILES string of the molecule is CCc1ccccc1Nc1cnc(C(=O)OC)cn1. The molecule has 0 amide bonds. The van der Waals surface area contributed by atoms with Crippen molar-refractivity contribution in [2.45, 2.75) is 13.3 Å². The number of hydrogen-bond donors (Lipinski definition) is 1. The first-order chi connectivity index (χ1) is 9.24. The van der Waals surface area contributed by atoms with Crippen LogP contribution >= 0.6 is 0 Å². The summed E-state index contributed by atoms with van der Waals surface area (Å²) in [5.41, 5.74) is 2.38. The van der Waals surface area contributed by atoms with Gasteiger partial charge in [0.2, 0.25) is 0 Å². The molecule has 0 unspecified atom stereocenters. The van der Waals surface area contributed by atoms with Crippen LogP contribution in [0.5, 0.6) is 0 Å². The van der Waals surface area contributed by atoms with E-state index in [1.54, 1.807) is 0 Å². The van der Waals surface area contributed by atoms with E-state index in [0.29, 0.717) is 5.82 Å². The van der Waals surface area contributed by atoms with Crippen LogP contribution in [0, 0.1) is 0 Å². The van der Waals surface area contributed by atoms with E-state index in [4.69, 9.17) is 0 Å². The van der Waals surface area contributed by atoms with Gasteiger partial charge in [0.1, 0.15) is 5.82 Å². The maximum Gasteiger partial charge on any atom is 0.358 e. The molecule has 0 saturated carbocycles. The molecule has 0 aliphatic heterocycles. The molecule has 0 saturated heterocycles. The monoisotopic (exact) mass is 257 g/mol. The third-order valence-corrected chi connectivity index (χ3v) is 2.71. The maximum atomic E-state index is 11.2. The van der Waals surface area contributed by atoms with Crippen molar-refractivity contribution in [1.29, 1.82) is 0 Å². The van der Waals surface area contributed by atoms with Gasteiger partial charge in [-0.25, -0.2) is 14.8 Å². The molecular weight excluding hydrogens is 242 g/mol. The fourth-order valence-corrected chi connectivity index (χ4v) is 1.69. The number of benzene rings is 1. The quantitative estimate of drug-likeness (QED) is 0.853. The summed E-state index contributed by atoms with van der Waals surface area (Å²) in [6.07, 6.45) is 3.83. The van der Waals surface area contributed by atoms with Crippen LogP contribution in [0.2, 0.25) is 0 Å². The van der Waals surface area contributed by atoms with E-state index >= 15 is 0 Å². The highest BCUT2D eigenvalue weighted by Gasteiger charge is 2.08. The van der Waals surface area contributed by atoms with E-state index in [1.807, 2.05) is 18.2 Å². The van der Waals surface area contributed by atoms with Crippen LogP contribution in [0.3, 0.4) is 0 Å². The molecule has 5 nitrogen and oxygen atoms in total. The van der Waals surface area contributed by atoms with Crippen LogP contribution in [-0.2, 0) is 11.2 Å². The normalized spacial score (nSPS) is 10.0. The molecule has 1 aromatic heterocycles. The first kappa shape index (κ1) is 13.0. The Kier molecular flexibility index (Phi) is 4.07. The lowest BCUT2D eigenvalue weighted by Gasteiger charge is -2.09. The number of methoxy groups -OCH3 is 1. The van der Waals surface area contributed by atoms with Crippen LogP contribution in [0.4, 0.5) is 11.5 Å². The highest BCUT2D eigenvalue weighted by Crippen LogP contribution is 2.19. The van der Waals surface area contributed by atoms with Crippen LogP contribution < -0.4 is 5.32 Å². The Morgan fingerprint density at radius 1 is 1.26 bits per heavy atom. The van der Waals surface area contributed by atoms with E-state index in [2.05, 4.69) is 33.0 Å². The second-order valence-corrected chi connectivity index (χ2v) is 3.91. The fourth-order valence-electron chi connectivity index (χ4n) is 1.69. The zero-order valence-corrected chi connectivity index (χ0v) is 10.9. The van der Waals surface area contributed by atoms with Gasteiger partial charge in [0, 0.05) is 5.69 Å². The molecule has 0 bridgehead atoms. The van der Waals surface area contributed by atoms with Crippen molar-refractivity contribution in [2.75, 3.05) is 12.4 Å². The molecule has 19 heavy (non-hydrogen) atoms. The average Bonchev–Trinajstić information content (AvgIpc) is 2.48. The highest BCUT2D eigenvalue weighted by atomic mass is 16.5. The molecule has 1 N–H and O–H groups in total. The number of hydrogen-bond acceptors (Lipinski definition) is 5. The second-order valence-electron chi connectivity index (χ2n) is 3.91. The van der Waals surface area contributed by atoms with Gasteiger partial charge in [0.15, 0.2) is 5.69 Å². The van der Waals surface area contributed by atoms with Crippen LogP contribution in [-0.4, -0.2) is 23.0 Å². The van der Waals surface area contributed by atoms with Crippen LogP contribution in [0.15, 0.2) is 36.7 Å². The van der Waals surface area contributed by atoms with Crippen molar-refractivity contribution in [3.63, 3.8) is 0 Å². The fraction of sp³-hybridized carbons (Fsp3) is 0.214. The first-order valence-corrected chi connectivity index (χ1v) is 6.00. The van der Waals surface area contributed by atoms with Crippen molar-refractivity contribution in [2.24, 2.45) is 0 Å². The van der Waals surface area contributed by atoms with Gasteiger partial charge in [-0.1, -0.05) is 25.1 Å². The Hall–Kier alpha value is -2.43. The number of nitrogens with zero attached hydrogens (tertiary/aromatic N) is 2. The van der Waals surface area contributed by atoms with E-state index in [0.717, 1.165) is 12.1 Å². The Bertz CT molecular complexity index is 567. The standard InChI is InChI=1S/C14H15N3O2/c1-3-10-6-4-5-7-11(10)17-13-9-15-12(8-16-13)14(18)19-2/h4-9H,3H2,1-2H3,(H,16,17). The lowest BCUT2D eigenvalue weighted by atomic mass is 10.1. The molecule has 98 valence electrons. The second kappa shape index (κ2) is 5.95. The molecule has 0 atom stereocenters. The van der Waals surface area contributed by atoms with E-state index in [9.17, 15) is 4.79 Å². The van der Waals surface area contributed by atoms with E-state index < -0.39 is 5.97 Å². The van der Waals surface area contributed by atoms with Gasteiger partial charge in [0.25, 0.3) is 0 Å². The Balaban J connectivity index is 2.17. The summed E-state index contributed by atoms with van der Waals surface area (Å²) < 4.78 is 4.57. The maximum absolute atomic E-state index is 11.2. The van der Waals surface area contributed by atoms with Gasteiger partial charge in [-0.15, -0.1) is 0 Å². The molecule has 0 spiro atoms. The minimum atomic E-state index is -0.493. The summed E-state index contributed by atoms with van der Waals surface area (Å²) in [4.78, 5) is 19.4. The number of nitrogens with one attached hydrogen (secondary N) is 1. The number of anilines is 2. The molecule has 0 aliphatic rings. The molecule has 2 aromatic rings. The minimum Gasteiger partial charge on any atom is -0.464 e. The number of carbonyl (C=O) groups is 1. The zero-order chi connectivity index (χ0) is 13.7. The van der Waals surface area contributed by atoms with Gasteiger partial charge in [-0.05, 0) is 18.1 Å². The predicted octanol–water partition coefficient (Wildman–Crippen LogP) is 2.57.